The number of hydrogen-bond donors (Lipinski definition) is 0. The summed E-state index contributed by atoms with van der Waals surface area (Å²) in [5, 5.41) is 11.0. The van der Waals surface area contributed by atoms with Crippen LogP contribution in [0.1, 0.15) is 25.0 Å². The fourth-order valence-corrected chi connectivity index (χ4v) is 5.07. The number of aromatic nitrogens is 4. The molecule has 0 aliphatic carbocycles. The number of piperidine rings is 1. The van der Waals surface area contributed by atoms with E-state index in [4.69, 9.17) is 0 Å². The van der Waals surface area contributed by atoms with Crippen LogP contribution in [0, 0.1) is 0 Å². The van der Waals surface area contributed by atoms with E-state index in [-0.39, 0.29) is 0 Å². The molecular weight excluding hydrogens is 382 g/mol. The molecule has 0 spiro atoms. The van der Waals surface area contributed by atoms with Crippen LogP contribution in [0.3, 0.4) is 0 Å². The summed E-state index contributed by atoms with van der Waals surface area (Å²) in [6.07, 6.45) is 7.83. The van der Waals surface area contributed by atoms with E-state index in [1.54, 1.807) is 11.3 Å². The molecule has 29 heavy (non-hydrogen) atoms. The second-order valence-corrected chi connectivity index (χ2v) is 8.67. The normalized spacial score (nSPS) is 18.3. The molecule has 0 atom stereocenters. The molecular formula is C21H27N7S. The van der Waals surface area contributed by atoms with Crippen LogP contribution in [-0.2, 0) is 6.54 Å². The molecule has 0 aromatic carbocycles. The van der Waals surface area contributed by atoms with Crippen molar-refractivity contribution in [1.82, 2.24) is 24.6 Å². The Morgan fingerprint density at radius 3 is 2.41 bits per heavy atom. The largest absolute Gasteiger partial charge is 0.354 e. The molecule has 152 valence electrons. The summed E-state index contributed by atoms with van der Waals surface area (Å²) in [5.74, 6) is 1.08. The van der Waals surface area contributed by atoms with E-state index in [1.165, 1.54) is 25.0 Å². The zero-order chi connectivity index (χ0) is 19.5. The number of hydrogen-bond acceptors (Lipinski definition) is 7. The van der Waals surface area contributed by atoms with Crippen molar-refractivity contribution >= 4 is 22.3 Å². The molecule has 5 heterocycles. The van der Waals surface area contributed by atoms with Crippen LogP contribution < -0.4 is 9.80 Å². The quantitative estimate of drug-likeness (QED) is 0.646. The number of piperazine rings is 1. The van der Waals surface area contributed by atoms with Crippen LogP contribution in [0.2, 0.25) is 0 Å². The Labute approximate surface area is 175 Å². The molecule has 0 amide bonds. The predicted molar refractivity (Wildman–Crippen MR) is 117 cm³/mol. The zero-order valence-electron chi connectivity index (χ0n) is 16.7. The van der Waals surface area contributed by atoms with Crippen molar-refractivity contribution in [2.24, 2.45) is 0 Å². The minimum absolute atomic E-state index is 0.932. The highest BCUT2D eigenvalue weighted by molar-refractivity contribution is 7.17. The van der Waals surface area contributed by atoms with Crippen LogP contribution >= 0.6 is 11.3 Å². The van der Waals surface area contributed by atoms with Gasteiger partial charge in [-0.2, -0.15) is 0 Å². The van der Waals surface area contributed by atoms with Crippen molar-refractivity contribution in [2.45, 2.75) is 25.8 Å². The molecule has 8 heteroatoms. The standard InChI is InChI=1S/C21H27N7S/c1-4-10-27(11-5-1)20-23-24-21(29-20)28-12-6-7-18(28)17-25-13-15-26(16-14-25)19-8-2-3-9-22-19/h2-3,6-9,12H,1,4-5,10-11,13-17H2. The van der Waals surface area contributed by atoms with Crippen LogP contribution in [0.15, 0.2) is 42.7 Å². The molecule has 0 saturated carbocycles. The highest BCUT2D eigenvalue weighted by Gasteiger charge is 2.20. The summed E-state index contributed by atoms with van der Waals surface area (Å²) >= 11 is 1.70. The van der Waals surface area contributed by atoms with Crippen LogP contribution in [0.25, 0.3) is 5.13 Å². The molecule has 3 aromatic heterocycles. The van der Waals surface area contributed by atoms with E-state index in [0.717, 1.165) is 61.9 Å². The minimum atomic E-state index is 0.932. The van der Waals surface area contributed by atoms with Gasteiger partial charge in [-0.15, -0.1) is 10.2 Å². The first-order chi connectivity index (χ1) is 14.4. The third kappa shape index (κ3) is 4.13. The lowest BCUT2D eigenvalue weighted by molar-refractivity contribution is 0.245. The first-order valence-corrected chi connectivity index (χ1v) is 11.3. The van der Waals surface area contributed by atoms with Gasteiger partial charge in [-0.05, 0) is 43.5 Å². The van der Waals surface area contributed by atoms with E-state index in [9.17, 15) is 0 Å². The van der Waals surface area contributed by atoms with Crippen molar-refractivity contribution < 1.29 is 0 Å². The summed E-state index contributed by atoms with van der Waals surface area (Å²) in [5.41, 5.74) is 1.28. The minimum Gasteiger partial charge on any atom is -0.354 e. The maximum atomic E-state index is 4.49. The van der Waals surface area contributed by atoms with Gasteiger partial charge in [-0.1, -0.05) is 17.4 Å². The molecule has 0 unspecified atom stereocenters. The summed E-state index contributed by atoms with van der Waals surface area (Å²) in [6.45, 7) is 7.24. The van der Waals surface area contributed by atoms with E-state index >= 15 is 0 Å². The third-order valence-corrected chi connectivity index (χ3v) is 6.78. The summed E-state index contributed by atoms with van der Waals surface area (Å²) in [6, 6.07) is 10.4. The van der Waals surface area contributed by atoms with Gasteiger partial charge in [0.1, 0.15) is 5.82 Å². The molecule has 2 fully saturated rings. The predicted octanol–water partition coefficient (Wildman–Crippen LogP) is 3.04. The molecule has 2 aliphatic rings. The first-order valence-electron chi connectivity index (χ1n) is 10.5. The van der Waals surface area contributed by atoms with Crippen molar-refractivity contribution in [1.29, 1.82) is 0 Å². The summed E-state index contributed by atoms with van der Waals surface area (Å²) in [4.78, 5) is 11.7. The maximum Gasteiger partial charge on any atom is 0.218 e. The molecule has 2 aliphatic heterocycles. The molecule has 0 radical (unpaired) electrons. The van der Waals surface area contributed by atoms with Gasteiger partial charge >= 0.3 is 0 Å². The third-order valence-electron chi connectivity index (χ3n) is 5.80. The number of anilines is 2. The highest BCUT2D eigenvalue weighted by Crippen LogP contribution is 2.27. The summed E-state index contributed by atoms with van der Waals surface area (Å²) < 4.78 is 2.20. The fourth-order valence-electron chi connectivity index (χ4n) is 4.16. The van der Waals surface area contributed by atoms with Crippen molar-refractivity contribution in [2.75, 3.05) is 49.1 Å². The Morgan fingerprint density at radius 2 is 1.62 bits per heavy atom. The molecule has 0 N–H and O–H groups in total. The monoisotopic (exact) mass is 409 g/mol. The summed E-state index contributed by atoms with van der Waals surface area (Å²) in [7, 11) is 0. The van der Waals surface area contributed by atoms with Gasteiger partial charge in [0.05, 0.1) is 0 Å². The Balaban J connectivity index is 1.23. The SMILES string of the molecule is c1ccc(N2CCN(Cc3cccn3-c3nnc(N4CCCCC4)s3)CC2)nc1. The van der Waals surface area contributed by atoms with Gasteiger partial charge < -0.3 is 9.80 Å². The maximum absolute atomic E-state index is 4.49. The van der Waals surface area contributed by atoms with Crippen LogP contribution in [0.4, 0.5) is 10.9 Å². The van der Waals surface area contributed by atoms with Crippen molar-refractivity contribution in [3.05, 3.63) is 48.4 Å². The molecule has 3 aromatic rings. The van der Waals surface area contributed by atoms with Crippen molar-refractivity contribution in [3.8, 4) is 5.13 Å². The molecule has 2 saturated heterocycles. The Kier molecular flexibility index (Phi) is 5.45. The molecule has 5 rings (SSSR count). The van der Waals surface area contributed by atoms with E-state index in [0.29, 0.717) is 0 Å². The molecule has 7 nitrogen and oxygen atoms in total. The van der Waals surface area contributed by atoms with Gasteiger partial charge in [-0.25, -0.2) is 4.98 Å². The number of nitrogens with zero attached hydrogens (tertiary/aromatic N) is 7. The van der Waals surface area contributed by atoms with Gasteiger partial charge in [0.2, 0.25) is 10.3 Å². The van der Waals surface area contributed by atoms with Gasteiger partial charge in [0, 0.05) is 63.9 Å². The Bertz CT molecular complexity index is 908. The first kappa shape index (κ1) is 18.6. The van der Waals surface area contributed by atoms with Crippen LogP contribution in [0.5, 0.6) is 0 Å². The lowest BCUT2D eigenvalue weighted by Gasteiger charge is -2.35. The topological polar surface area (TPSA) is 53.3 Å². The van der Waals surface area contributed by atoms with Gasteiger partial charge in [0.25, 0.3) is 0 Å². The lowest BCUT2D eigenvalue weighted by Crippen LogP contribution is -2.46. The van der Waals surface area contributed by atoms with Crippen LogP contribution in [-0.4, -0.2) is 63.9 Å². The van der Waals surface area contributed by atoms with Gasteiger partial charge in [0.15, 0.2) is 0 Å². The second kappa shape index (κ2) is 8.51. The average Bonchev–Trinajstić information content (AvgIpc) is 3.45. The average molecular weight is 410 g/mol. The fraction of sp³-hybridized carbons (Fsp3) is 0.476. The van der Waals surface area contributed by atoms with E-state index < -0.39 is 0 Å². The van der Waals surface area contributed by atoms with E-state index in [2.05, 4.69) is 64.9 Å². The Morgan fingerprint density at radius 1 is 0.793 bits per heavy atom. The van der Waals surface area contributed by atoms with Crippen molar-refractivity contribution in [3.63, 3.8) is 0 Å². The number of pyridine rings is 1. The van der Waals surface area contributed by atoms with E-state index in [1.807, 2.05) is 12.3 Å². The lowest BCUT2D eigenvalue weighted by atomic mass is 10.1. The smallest absolute Gasteiger partial charge is 0.218 e. The Hall–Kier alpha value is -2.45. The second-order valence-electron chi connectivity index (χ2n) is 7.74. The molecule has 0 bridgehead atoms. The zero-order valence-corrected chi connectivity index (χ0v) is 17.5. The van der Waals surface area contributed by atoms with Gasteiger partial charge in [-0.3, -0.25) is 9.47 Å². The number of rotatable bonds is 5. The highest BCUT2D eigenvalue weighted by atomic mass is 32.1.